The lowest BCUT2D eigenvalue weighted by Gasteiger charge is -2.19. The molecule has 2 nitrogen and oxygen atoms in total. The molecule has 0 N–H and O–H groups in total. The van der Waals surface area contributed by atoms with Crippen molar-refractivity contribution in [3.63, 3.8) is 0 Å². The Kier molecular flexibility index (Phi) is 2.18. The van der Waals surface area contributed by atoms with Crippen LogP contribution in [0.3, 0.4) is 0 Å². The van der Waals surface area contributed by atoms with Gasteiger partial charge in [-0.05, 0) is 18.2 Å². The molecule has 1 heterocycles. The zero-order valence-electron chi connectivity index (χ0n) is 6.59. The molecule has 4 heteroatoms. The molecule has 68 valence electrons. The van der Waals surface area contributed by atoms with Crippen molar-refractivity contribution in [1.82, 2.24) is 0 Å². The summed E-state index contributed by atoms with van der Waals surface area (Å²) in [5.41, 5.74) is 0.471. The van der Waals surface area contributed by atoms with Crippen LogP contribution in [0.4, 0.5) is 0 Å². The lowest BCUT2D eigenvalue weighted by atomic mass is 10.1. The zero-order valence-corrected chi connectivity index (χ0v) is 8.10. The molecule has 1 aliphatic heterocycles. The topological polar surface area (TPSA) is 26.3 Å². The minimum atomic E-state index is -0.592. The highest BCUT2D eigenvalue weighted by molar-refractivity contribution is 6.35. The molecule has 1 aromatic rings. The molecule has 1 aliphatic rings. The van der Waals surface area contributed by atoms with Crippen LogP contribution in [0.15, 0.2) is 18.2 Å². The third kappa shape index (κ3) is 1.52. The second-order valence-corrected chi connectivity index (χ2v) is 3.75. The second-order valence-electron chi connectivity index (χ2n) is 2.78. The molecule has 0 radical (unpaired) electrons. The van der Waals surface area contributed by atoms with Crippen molar-refractivity contribution < 1.29 is 9.53 Å². The van der Waals surface area contributed by atoms with Gasteiger partial charge in [0.2, 0.25) is 0 Å². The molecule has 13 heavy (non-hydrogen) atoms. The Bertz CT molecular complexity index is 363. The Morgan fingerprint density at radius 3 is 3.00 bits per heavy atom. The smallest absolute Gasteiger partial charge is 0.187 e. The van der Waals surface area contributed by atoms with Gasteiger partial charge in [-0.3, -0.25) is 4.79 Å². The van der Waals surface area contributed by atoms with Crippen LogP contribution < -0.4 is 4.74 Å². The average molecular weight is 217 g/mol. The first-order chi connectivity index (χ1) is 6.18. The quantitative estimate of drug-likeness (QED) is 0.624. The number of ketones is 1. The predicted octanol–water partition coefficient (Wildman–Crippen LogP) is 2.52. The van der Waals surface area contributed by atoms with Gasteiger partial charge in [0.25, 0.3) is 0 Å². The molecular formula is C9H6Cl2O2. The van der Waals surface area contributed by atoms with Crippen LogP contribution in [0.2, 0.25) is 5.02 Å². The van der Waals surface area contributed by atoms with Gasteiger partial charge in [-0.2, -0.15) is 0 Å². The van der Waals surface area contributed by atoms with Crippen molar-refractivity contribution >= 4 is 29.0 Å². The van der Waals surface area contributed by atoms with Crippen molar-refractivity contribution in [3.8, 4) is 5.75 Å². The van der Waals surface area contributed by atoms with E-state index >= 15 is 0 Å². The molecule has 0 spiro atoms. The fraction of sp³-hybridized carbons (Fsp3) is 0.222. The van der Waals surface area contributed by atoms with Crippen molar-refractivity contribution in [2.75, 3.05) is 6.61 Å². The highest BCUT2D eigenvalue weighted by Crippen LogP contribution is 2.28. The number of halogens is 2. The first kappa shape index (κ1) is 8.85. The number of carbonyl (C=O) groups is 1. The van der Waals surface area contributed by atoms with Crippen molar-refractivity contribution in [2.45, 2.75) is 5.38 Å². The summed E-state index contributed by atoms with van der Waals surface area (Å²) in [6, 6.07) is 4.94. The first-order valence-corrected chi connectivity index (χ1v) is 4.60. The number of benzene rings is 1. The number of carbonyl (C=O) groups excluding carboxylic acids is 1. The lowest BCUT2D eigenvalue weighted by Crippen LogP contribution is -2.28. The molecule has 0 saturated heterocycles. The predicted molar refractivity (Wildman–Crippen MR) is 50.9 cm³/mol. The number of rotatable bonds is 0. The molecule has 0 saturated carbocycles. The monoisotopic (exact) mass is 216 g/mol. The summed E-state index contributed by atoms with van der Waals surface area (Å²) in [4.78, 5) is 11.5. The molecule has 0 bridgehead atoms. The Morgan fingerprint density at radius 2 is 2.23 bits per heavy atom. The Balaban J connectivity index is 2.51. The molecule has 1 aromatic carbocycles. The van der Waals surface area contributed by atoms with E-state index in [9.17, 15) is 4.79 Å². The van der Waals surface area contributed by atoms with E-state index in [-0.39, 0.29) is 12.4 Å². The van der Waals surface area contributed by atoms with Gasteiger partial charge in [0, 0.05) is 5.02 Å². The van der Waals surface area contributed by atoms with Crippen molar-refractivity contribution in [3.05, 3.63) is 28.8 Å². The summed E-state index contributed by atoms with van der Waals surface area (Å²) >= 11 is 11.5. The van der Waals surface area contributed by atoms with Crippen LogP contribution in [0.5, 0.6) is 5.75 Å². The van der Waals surface area contributed by atoms with Gasteiger partial charge in [0.15, 0.2) is 5.78 Å². The molecule has 0 unspecified atom stereocenters. The average Bonchev–Trinajstić information content (AvgIpc) is 2.12. The fourth-order valence-electron chi connectivity index (χ4n) is 1.23. The van der Waals surface area contributed by atoms with E-state index in [4.69, 9.17) is 27.9 Å². The number of ether oxygens (including phenoxy) is 1. The summed E-state index contributed by atoms with van der Waals surface area (Å²) < 4.78 is 5.25. The normalized spacial score (nSPS) is 20.8. The van der Waals surface area contributed by atoms with Crippen molar-refractivity contribution in [2.24, 2.45) is 0 Å². The van der Waals surface area contributed by atoms with Gasteiger partial charge in [-0.15, -0.1) is 11.6 Å². The van der Waals surface area contributed by atoms with Gasteiger partial charge in [-0.1, -0.05) is 11.6 Å². The minimum absolute atomic E-state index is 0.120. The summed E-state index contributed by atoms with van der Waals surface area (Å²) in [6.07, 6.45) is 0. The highest BCUT2D eigenvalue weighted by Gasteiger charge is 2.26. The standard InChI is InChI=1S/C9H6Cl2O2/c10-5-1-2-8-6(3-5)9(12)7(11)4-13-8/h1-3,7H,4H2/t7-/m1/s1. The molecule has 2 rings (SSSR count). The van der Waals surface area contributed by atoms with E-state index in [2.05, 4.69) is 0 Å². The third-order valence-corrected chi connectivity index (χ3v) is 2.44. The van der Waals surface area contributed by atoms with Crippen LogP contribution >= 0.6 is 23.2 Å². The highest BCUT2D eigenvalue weighted by atomic mass is 35.5. The van der Waals surface area contributed by atoms with E-state index in [0.717, 1.165) is 0 Å². The van der Waals surface area contributed by atoms with Gasteiger partial charge in [0.05, 0.1) is 5.56 Å². The largest absolute Gasteiger partial charge is 0.491 e. The Labute approximate surface area is 85.4 Å². The number of hydrogen-bond acceptors (Lipinski definition) is 2. The SMILES string of the molecule is O=C1c2cc(Cl)ccc2OC[C@H]1Cl. The summed E-state index contributed by atoms with van der Waals surface area (Å²) in [7, 11) is 0. The van der Waals surface area contributed by atoms with Crippen molar-refractivity contribution in [1.29, 1.82) is 0 Å². The first-order valence-electron chi connectivity index (χ1n) is 3.79. The molecular weight excluding hydrogens is 211 g/mol. The number of alkyl halides is 1. The maximum atomic E-state index is 11.5. The maximum absolute atomic E-state index is 11.5. The Hall–Kier alpha value is -0.730. The third-order valence-electron chi connectivity index (χ3n) is 1.88. The number of Topliss-reactive ketones (excluding diaryl/α,β-unsaturated/α-hetero) is 1. The molecule has 0 aromatic heterocycles. The number of fused-ring (bicyclic) bond motifs is 1. The number of hydrogen-bond donors (Lipinski definition) is 0. The van der Waals surface area contributed by atoms with Crippen LogP contribution in [0.1, 0.15) is 10.4 Å². The molecule has 0 amide bonds. The zero-order chi connectivity index (χ0) is 9.42. The van der Waals surface area contributed by atoms with Crippen LogP contribution in [0, 0.1) is 0 Å². The van der Waals surface area contributed by atoms with E-state index in [1.165, 1.54) is 0 Å². The van der Waals surface area contributed by atoms with E-state index in [1.807, 2.05) is 0 Å². The van der Waals surface area contributed by atoms with Crippen LogP contribution in [0.25, 0.3) is 0 Å². The van der Waals surface area contributed by atoms with Gasteiger partial charge in [0.1, 0.15) is 17.7 Å². The van der Waals surface area contributed by atoms with E-state index < -0.39 is 5.38 Å². The van der Waals surface area contributed by atoms with Crippen LogP contribution in [-0.4, -0.2) is 17.8 Å². The van der Waals surface area contributed by atoms with Gasteiger partial charge < -0.3 is 4.74 Å². The molecule has 1 atom stereocenters. The van der Waals surface area contributed by atoms with E-state index in [1.54, 1.807) is 18.2 Å². The molecule has 0 fully saturated rings. The van der Waals surface area contributed by atoms with Crippen LogP contribution in [-0.2, 0) is 0 Å². The van der Waals surface area contributed by atoms with Gasteiger partial charge in [-0.25, -0.2) is 0 Å². The summed E-state index contributed by atoms with van der Waals surface area (Å²) in [5, 5.41) is -0.0765. The fourth-order valence-corrected chi connectivity index (χ4v) is 1.58. The summed E-state index contributed by atoms with van der Waals surface area (Å²) in [6.45, 7) is 0.231. The van der Waals surface area contributed by atoms with E-state index in [0.29, 0.717) is 16.3 Å². The lowest BCUT2D eigenvalue weighted by molar-refractivity contribution is 0.0939. The minimum Gasteiger partial charge on any atom is -0.491 e. The second kappa shape index (κ2) is 3.20. The molecule has 0 aliphatic carbocycles. The maximum Gasteiger partial charge on any atom is 0.187 e. The summed E-state index contributed by atoms with van der Waals surface area (Å²) in [5.74, 6) is 0.441. The Morgan fingerprint density at radius 1 is 1.46 bits per heavy atom. The van der Waals surface area contributed by atoms with Gasteiger partial charge >= 0.3 is 0 Å².